The van der Waals surface area contributed by atoms with Crippen LogP contribution in [0.3, 0.4) is 0 Å². The molecule has 0 saturated heterocycles. The molecule has 234 valence electrons. The molecule has 0 aliphatic heterocycles. The number of hydrogen-bond donors (Lipinski definition) is 2. The van der Waals surface area contributed by atoms with Crippen molar-refractivity contribution in [2.45, 2.75) is 11.8 Å². The molecule has 4 N–H and O–H groups in total. The second-order valence-electron chi connectivity index (χ2n) is 11.8. The van der Waals surface area contributed by atoms with Crippen LogP contribution in [0.15, 0.2) is 182 Å². The molecule has 2 atom stereocenters. The van der Waals surface area contributed by atoms with Crippen molar-refractivity contribution in [3.8, 4) is 23.0 Å². The fourth-order valence-corrected chi connectivity index (χ4v) is 6.20. The largest absolute Gasteiger partial charge is 0.455 e. The lowest BCUT2D eigenvalue weighted by Gasteiger charge is -2.23. The molecule has 0 spiro atoms. The van der Waals surface area contributed by atoms with Crippen LogP contribution < -0.4 is 20.9 Å². The Labute approximate surface area is 281 Å². The van der Waals surface area contributed by atoms with E-state index >= 15 is 0 Å². The van der Waals surface area contributed by atoms with Gasteiger partial charge in [0.1, 0.15) is 11.5 Å². The van der Waals surface area contributed by atoms with E-state index in [1.165, 1.54) is 11.1 Å². The van der Waals surface area contributed by atoms with E-state index in [1.54, 1.807) is 0 Å². The van der Waals surface area contributed by atoms with Crippen molar-refractivity contribution in [2.75, 3.05) is 11.5 Å². The summed E-state index contributed by atoms with van der Waals surface area (Å²) >= 11 is 0. The van der Waals surface area contributed by atoms with Crippen LogP contribution in [0.5, 0.6) is 23.0 Å². The van der Waals surface area contributed by atoms with Crippen LogP contribution in [-0.4, -0.2) is 0 Å². The predicted molar refractivity (Wildman–Crippen MR) is 196 cm³/mol. The van der Waals surface area contributed by atoms with Crippen LogP contribution in [0.2, 0.25) is 0 Å². The van der Waals surface area contributed by atoms with Crippen molar-refractivity contribution in [1.82, 2.24) is 0 Å². The average Bonchev–Trinajstić information content (AvgIpc) is 3.14. The van der Waals surface area contributed by atoms with Crippen molar-refractivity contribution in [2.24, 2.45) is 0 Å². The smallest absolute Gasteiger partial charge is 0.150 e. The first-order valence-corrected chi connectivity index (χ1v) is 16.1. The summed E-state index contributed by atoms with van der Waals surface area (Å²) in [6, 6.07) is 61.6. The maximum absolute atomic E-state index is 6.40. The van der Waals surface area contributed by atoms with Crippen molar-refractivity contribution in [3.05, 3.63) is 215 Å². The first kappa shape index (κ1) is 30.4. The van der Waals surface area contributed by atoms with E-state index in [9.17, 15) is 0 Å². The Bertz CT molecular complexity index is 1930. The Hall–Kier alpha value is -6.26. The Morgan fingerprint density at radius 3 is 0.958 bits per heavy atom. The fourth-order valence-electron chi connectivity index (χ4n) is 6.20. The van der Waals surface area contributed by atoms with E-state index in [1.807, 2.05) is 84.9 Å². The molecule has 0 fully saturated rings. The minimum atomic E-state index is -0.0310. The van der Waals surface area contributed by atoms with Gasteiger partial charge in [-0.15, -0.1) is 0 Å². The minimum absolute atomic E-state index is 0.0310. The lowest BCUT2D eigenvalue weighted by molar-refractivity contribution is 0.484. The molecule has 0 aromatic heterocycles. The van der Waals surface area contributed by atoms with Gasteiger partial charge in [-0.1, -0.05) is 133 Å². The van der Waals surface area contributed by atoms with Crippen LogP contribution in [0.4, 0.5) is 11.4 Å². The fraction of sp³-hybridized carbons (Fsp3) is 0.0455. The molecule has 4 heteroatoms. The van der Waals surface area contributed by atoms with Gasteiger partial charge in [-0.3, -0.25) is 0 Å². The summed E-state index contributed by atoms with van der Waals surface area (Å²) in [5.74, 6) is 2.70. The lowest BCUT2D eigenvalue weighted by Crippen LogP contribution is -2.07. The van der Waals surface area contributed by atoms with E-state index in [0.717, 1.165) is 33.8 Å². The van der Waals surface area contributed by atoms with Crippen LogP contribution in [-0.2, 0) is 0 Å². The Morgan fingerprint density at radius 1 is 0.312 bits per heavy atom. The Morgan fingerprint density at radius 2 is 0.604 bits per heavy atom. The zero-order valence-corrected chi connectivity index (χ0v) is 26.4. The van der Waals surface area contributed by atoms with Crippen molar-refractivity contribution < 1.29 is 9.47 Å². The summed E-state index contributed by atoms with van der Waals surface area (Å²) in [4.78, 5) is 0. The topological polar surface area (TPSA) is 70.5 Å². The lowest BCUT2D eigenvalue weighted by atomic mass is 9.81. The Kier molecular flexibility index (Phi) is 8.88. The van der Waals surface area contributed by atoms with Gasteiger partial charge in [-0.25, -0.2) is 0 Å². The molecular formula is C44H36N2O2. The molecule has 0 bridgehead atoms. The average molecular weight is 625 g/mol. The Balaban J connectivity index is 1.27. The molecule has 0 aliphatic carbocycles. The molecule has 0 amide bonds. The number of hydrogen-bond acceptors (Lipinski definition) is 4. The summed E-state index contributed by atoms with van der Waals surface area (Å²) in [6.45, 7) is 0. The highest BCUT2D eigenvalue weighted by molar-refractivity contribution is 5.60. The first-order valence-electron chi connectivity index (χ1n) is 16.1. The highest BCUT2D eigenvalue weighted by Gasteiger charge is 2.22. The minimum Gasteiger partial charge on any atom is -0.455 e. The zero-order chi connectivity index (χ0) is 32.7. The molecule has 48 heavy (non-hydrogen) atoms. The molecule has 4 nitrogen and oxygen atoms in total. The molecule has 0 heterocycles. The quantitative estimate of drug-likeness (QED) is 0.117. The van der Waals surface area contributed by atoms with E-state index < -0.39 is 0 Å². The normalized spacial score (nSPS) is 12.2. The van der Waals surface area contributed by atoms with Crippen LogP contribution in [0.25, 0.3) is 0 Å². The first-order chi connectivity index (χ1) is 23.6. The highest BCUT2D eigenvalue weighted by Crippen LogP contribution is 2.40. The molecule has 7 rings (SSSR count). The van der Waals surface area contributed by atoms with Crippen molar-refractivity contribution >= 4 is 11.4 Å². The van der Waals surface area contributed by atoms with Crippen LogP contribution >= 0.6 is 0 Å². The summed E-state index contributed by atoms with van der Waals surface area (Å²) in [7, 11) is 0. The van der Waals surface area contributed by atoms with E-state index in [-0.39, 0.29) is 11.8 Å². The van der Waals surface area contributed by atoms with E-state index in [2.05, 4.69) is 97.1 Å². The standard InChI is InChI=1S/C44H36N2O2/c45-39-27-25-35(29-41(39)47-37-17-9-3-10-18-37)43(31-13-5-1-6-14-31)33-21-23-34(24-22-33)44(32-15-7-2-8-16-32)36-26-28-40(46)42(30-36)48-38-19-11-4-12-20-38/h1-30,43-44H,45-46H2. The van der Waals surface area contributed by atoms with Gasteiger partial charge in [-0.2, -0.15) is 0 Å². The van der Waals surface area contributed by atoms with E-state index in [0.29, 0.717) is 22.9 Å². The highest BCUT2D eigenvalue weighted by atomic mass is 16.5. The third-order valence-electron chi connectivity index (χ3n) is 8.55. The van der Waals surface area contributed by atoms with Crippen molar-refractivity contribution in [3.63, 3.8) is 0 Å². The molecule has 7 aromatic carbocycles. The predicted octanol–water partition coefficient (Wildman–Crippen LogP) is 10.8. The van der Waals surface area contributed by atoms with Crippen LogP contribution in [0, 0.1) is 0 Å². The number of nitrogens with two attached hydrogens (primary N) is 2. The zero-order valence-electron chi connectivity index (χ0n) is 26.4. The number of benzene rings is 7. The second kappa shape index (κ2) is 14.0. The maximum Gasteiger partial charge on any atom is 0.150 e. The van der Waals surface area contributed by atoms with Gasteiger partial charge < -0.3 is 20.9 Å². The maximum atomic E-state index is 6.40. The van der Waals surface area contributed by atoms with Crippen LogP contribution in [0.1, 0.15) is 45.2 Å². The molecule has 0 saturated carbocycles. The van der Waals surface area contributed by atoms with Gasteiger partial charge >= 0.3 is 0 Å². The number of rotatable bonds is 10. The van der Waals surface area contributed by atoms with Gasteiger partial charge in [0, 0.05) is 11.8 Å². The number of ether oxygens (including phenoxy) is 2. The monoisotopic (exact) mass is 624 g/mol. The second-order valence-corrected chi connectivity index (χ2v) is 11.8. The third kappa shape index (κ3) is 6.79. The summed E-state index contributed by atoms with van der Waals surface area (Å²) in [5.41, 5.74) is 20.9. The summed E-state index contributed by atoms with van der Waals surface area (Å²) in [5, 5.41) is 0. The number of para-hydroxylation sites is 2. The third-order valence-corrected chi connectivity index (χ3v) is 8.55. The SMILES string of the molecule is Nc1ccc(C(c2ccccc2)c2ccc(C(c3ccccc3)c3ccc(N)c(Oc4ccccc4)c3)cc2)cc1Oc1ccccc1. The molecular weight excluding hydrogens is 588 g/mol. The molecule has 0 radical (unpaired) electrons. The van der Waals surface area contributed by atoms with Crippen molar-refractivity contribution in [1.29, 1.82) is 0 Å². The van der Waals surface area contributed by atoms with Gasteiger partial charge in [0.25, 0.3) is 0 Å². The number of anilines is 2. The summed E-state index contributed by atoms with van der Waals surface area (Å²) in [6.07, 6.45) is 0. The van der Waals surface area contributed by atoms with Gasteiger partial charge in [0.05, 0.1) is 11.4 Å². The number of nitrogen functional groups attached to an aromatic ring is 2. The molecule has 2 unspecified atom stereocenters. The van der Waals surface area contributed by atoms with Gasteiger partial charge in [-0.05, 0) is 81.9 Å². The van der Waals surface area contributed by atoms with E-state index in [4.69, 9.17) is 20.9 Å². The van der Waals surface area contributed by atoms with Gasteiger partial charge in [0.2, 0.25) is 0 Å². The molecule has 0 aliphatic rings. The summed E-state index contributed by atoms with van der Waals surface area (Å²) < 4.78 is 12.5. The molecule has 7 aromatic rings. The van der Waals surface area contributed by atoms with Gasteiger partial charge in [0.15, 0.2) is 11.5 Å².